The van der Waals surface area contributed by atoms with Crippen molar-refractivity contribution in [2.24, 2.45) is 0 Å². The molecule has 3 rings (SSSR count). The molecule has 2 aromatic rings. The quantitative estimate of drug-likeness (QED) is 0.818. The maximum atomic E-state index is 12.2. The van der Waals surface area contributed by atoms with Crippen LogP contribution < -0.4 is 15.4 Å². The summed E-state index contributed by atoms with van der Waals surface area (Å²) in [4.78, 5) is 24.3. The van der Waals surface area contributed by atoms with Gasteiger partial charge in [0.25, 0.3) is 5.91 Å². The van der Waals surface area contributed by atoms with Crippen LogP contribution in [-0.4, -0.2) is 24.7 Å². The average Bonchev–Trinajstić information content (AvgIpc) is 2.66. The molecule has 1 aliphatic carbocycles. The number of hydrogen-bond donors (Lipinski definition) is 2. The molecule has 0 fully saturated rings. The van der Waals surface area contributed by atoms with Crippen LogP contribution in [0.5, 0.6) is 5.75 Å². The number of nitrogens with one attached hydrogen (secondary N) is 2. The molecule has 2 amide bonds. The highest BCUT2D eigenvalue weighted by Gasteiger charge is 2.31. The van der Waals surface area contributed by atoms with Gasteiger partial charge in [-0.25, -0.2) is 0 Å². The molecule has 28 heavy (non-hydrogen) atoms. The maximum absolute atomic E-state index is 12.2. The summed E-state index contributed by atoms with van der Waals surface area (Å²) in [7, 11) is 0. The number of benzene rings is 2. The number of amides is 2. The molecule has 2 aromatic carbocycles. The van der Waals surface area contributed by atoms with Crippen molar-refractivity contribution < 1.29 is 27.5 Å². The Balaban J connectivity index is 1.52. The zero-order valence-electron chi connectivity index (χ0n) is 14.9. The van der Waals surface area contributed by atoms with E-state index < -0.39 is 18.0 Å². The fourth-order valence-electron chi connectivity index (χ4n) is 3.22. The Kier molecular flexibility index (Phi) is 5.87. The third-order valence-corrected chi connectivity index (χ3v) is 4.46. The summed E-state index contributed by atoms with van der Waals surface area (Å²) in [5.74, 6) is -1.30. The Hall–Kier alpha value is -3.03. The SMILES string of the molecule is O=C(CNC(=O)c1ccc(OC(F)(F)F)cc1)NC1CCCc2ccccc21. The van der Waals surface area contributed by atoms with Gasteiger partial charge in [0.1, 0.15) is 5.75 Å². The van der Waals surface area contributed by atoms with Gasteiger partial charge in [0.05, 0.1) is 12.6 Å². The van der Waals surface area contributed by atoms with Gasteiger partial charge in [-0.2, -0.15) is 0 Å². The smallest absolute Gasteiger partial charge is 0.406 e. The second-order valence-electron chi connectivity index (χ2n) is 6.47. The predicted octanol–water partition coefficient (Wildman–Crippen LogP) is 3.51. The molecular formula is C20H19F3N2O3. The summed E-state index contributed by atoms with van der Waals surface area (Å²) in [5, 5.41) is 5.38. The Morgan fingerprint density at radius 1 is 1.07 bits per heavy atom. The lowest BCUT2D eigenvalue weighted by Gasteiger charge is -2.26. The van der Waals surface area contributed by atoms with Crippen LogP contribution in [0.2, 0.25) is 0 Å². The second kappa shape index (κ2) is 8.33. The topological polar surface area (TPSA) is 67.4 Å². The predicted molar refractivity (Wildman–Crippen MR) is 95.7 cm³/mol. The number of alkyl halides is 3. The lowest BCUT2D eigenvalue weighted by atomic mass is 9.88. The number of ether oxygens (including phenoxy) is 1. The molecule has 1 aliphatic rings. The molecule has 1 atom stereocenters. The van der Waals surface area contributed by atoms with Crippen molar-refractivity contribution in [2.75, 3.05) is 6.54 Å². The minimum atomic E-state index is -4.79. The second-order valence-corrected chi connectivity index (χ2v) is 6.47. The Morgan fingerprint density at radius 3 is 2.50 bits per heavy atom. The standard InChI is InChI=1S/C20H19F3N2O3/c21-20(22,23)28-15-10-8-14(9-11-15)19(27)24-12-18(26)25-17-7-3-5-13-4-1-2-6-16(13)17/h1-2,4,6,8-11,17H,3,5,7,12H2,(H,24,27)(H,25,26). The number of fused-ring (bicyclic) bond motifs is 1. The first-order valence-corrected chi connectivity index (χ1v) is 8.83. The monoisotopic (exact) mass is 392 g/mol. The van der Waals surface area contributed by atoms with Crippen molar-refractivity contribution in [3.63, 3.8) is 0 Å². The van der Waals surface area contributed by atoms with E-state index in [-0.39, 0.29) is 24.1 Å². The molecule has 0 spiro atoms. The van der Waals surface area contributed by atoms with Crippen LogP contribution in [0.3, 0.4) is 0 Å². The van der Waals surface area contributed by atoms with Crippen molar-refractivity contribution in [3.05, 3.63) is 65.2 Å². The van der Waals surface area contributed by atoms with E-state index in [0.717, 1.165) is 37.0 Å². The lowest BCUT2D eigenvalue weighted by Crippen LogP contribution is -2.39. The van der Waals surface area contributed by atoms with Crippen LogP contribution in [0.4, 0.5) is 13.2 Å². The average molecular weight is 392 g/mol. The van der Waals surface area contributed by atoms with E-state index in [1.54, 1.807) is 0 Å². The van der Waals surface area contributed by atoms with Crippen molar-refractivity contribution in [1.29, 1.82) is 0 Å². The van der Waals surface area contributed by atoms with Crippen LogP contribution in [0.25, 0.3) is 0 Å². The van der Waals surface area contributed by atoms with Gasteiger partial charge in [-0.05, 0) is 54.7 Å². The molecule has 5 nitrogen and oxygen atoms in total. The molecule has 8 heteroatoms. The molecule has 0 saturated carbocycles. The van der Waals surface area contributed by atoms with E-state index in [9.17, 15) is 22.8 Å². The number of rotatable bonds is 5. The van der Waals surface area contributed by atoms with Gasteiger partial charge in [0.15, 0.2) is 0 Å². The summed E-state index contributed by atoms with van der Waals surface area (Å²) in [5.41, 5.74) is 2.43. The summed E-state index contributed by atoms with van der Waals surface area (Å²) < 4.78 is 40.2. The molecule has 0 heterocycles. The fourth-order valence-corrected chi connectivity index (χ4v) is 3.22. The normalized spacial score (nSPS) is 16.0. The highest BCUT2D eigenvalue weighted by Crippen LogP contribution is 2.29. The summed E-state index contributed by atoms with van der Waals surface area (Å²) in [6.45, 7) is -0.224. The summed E-state index contributed by atoms with van der Waals surface area (Å²) in [6.07, 6.45) is -2.01. The van der Waals surface area contributed by atoms with E-state index in [4.69, 9.17) is 0 Å². The van der Waals surface area contributed by atoms with E-state index >= 15 is 0 Å². The number of aryl methyl sites for hydroxylation is 1. The van der Waals surface area contributed by atoms with Gasteiger partial charge in [-0.1, -0.05) is 24.3 Å². The highest BCUT2D eigenvalue weighted by molar-refractivity contribution is 5.96. The van der Waals surface area contributed by atoms with Crippen LogP contribution in [-0.2, 0) is 11.2 Å². The Bertz CT molecular complexity index is 851. The third-order valence-electron chi connectivity index (χ3n) is 4.46. The van der Waals surface area contributed by atoms with E-state index in [1.165, 1.54) is 17.7 Å². The number of halogens is 3. The summed E-state index contributed by atoms with van der Waals surface area (Å²) in [6, 6.07) is 12.3. The highest BCUT2D eigenvalue weighted by atomic mass is 19.4. The van der Waals surface area contributed by atoms with Gasteiger partial charge < -0.3 is 15.4 Å². The minimum Gasteiger partial charge on any atom is -0.406 e. The van der Waals surface area contributed by atoms with Gasteiger partial charge in [-0.3, -0.25) is 9.59 Å². The number of hydrogen-bond acceptors (Lipinski definition) is 3. The van der Waals surface area contributed by atoms with Crippen LogP contribution in [0.1, 0.15) is 40.4 Å². The first-order valence-electron chi connectivity index (χ1n) is 8.83. The van der Waals surface area contributed by atoms with Crippen molar-refractivity contribution in [1.82, 2.24) is 10.6 Å². The van der Waals surface area contributed by atoms with Gasteiger partial charge in [-0.15, -0.1) is 13.2 Å². The van der Waals surface area contributed by atoms with Crippen LogP contribution >= 0.6 is 0 Å². The molecule has 148 valence electrons. The van der Waals surface area contributed by atoms with Crippen molar-refractivity contribution in [3.8, 4) is 5.75 Å². The molecule has 0 aliphatic heterocycles. The fraction of sp³-hybridized carbons (Fsp3) is 0.300. The zero-order valence-corrected chi connectivity index (χ0v) is 14.9. The van der Waals surface area contributed by atoms with Crippen molar-refractivity contribution >= 4 is 11.8 Å². The van der Waals surface area contributed by atoms with E-state index in [0.29, 0.717) is 0 Å². The minimum absolute atomic E-state index is 0.0897. The third kappa shape index (κ3) is 5.25. The molecule has 0 bridgehead atoms. The van der Waals surface area contributed by atoms with Crippen LogP contribution in [0.15, 0.2) is 48.5 Å². The van der Waals surface area contributed by atoms with E-state index in [2.05, 4.69) is 15.4 Å². The first kappa shape index (κ1) is 19.7. The van der Waals surface area contributed by atoms with Gasteiger partial charge in [0.2, 0.25) is 5.91 Å². The number of carbonyl (C=O) groups is 2. The molecule has 0 saturated heterocycles. The lowest BCUT2D eigenvalue weighted by molar-refractivity contribution is -0.274. The van der Waals surface area contributed by atoms with Crippen molar-refractivity contribution in [2.45, 2.75) is 31.7 Å². The molecule has 0 aromatic heterocycles. The molecular weight excluding hydrogens is 373 g/mol. The van der Waals surface area contributed by atoms with Crippen LogP contribution in [0, 0.1) is 0 Å². The number of carbonyl (C=O) groups excluding carboxylic acids is 2. The molecule has 1 unspecified atom stereocenters. The zero-order chi connectivity index (χ0) is 20.1. The Morgan fingerprint density at radius 2 is 1.79 bits per heavy atom. The molecule has 0 radical (unpaired) electrons. The summed E-state index contributed by atoms with van der Waals surface area (Å²) >= 11 is 0. The first-order chi connectivity index (χ1) is 13.3. The van der Waals surface area contributed by atoms with Gasteiger partial charge >= 0.3 is 6.36 Å². The largest absolute Gasteiger partial charge is 0.573 e. The van der Waals surface area contributed by atoms with E-state index in [1.807, 2.05) is 24.3 Å². The van der Waals surface area contributed by atoms with Gasteiger partial charge in [0, 0.05) is 5.56 Å². The molecule has 2 N–H and O–H groups in total. The maximum Gasteiger partial charge on any atom is 0.573 e. The Labute approximate surface area is 159 Å².